The molecule has 2 fully saturated rings. The summed E-state index contributed by atoms with van der Waals surface area (Å²) in [5.41, 5.74) is 0.598. The number of piperidine rings is 1. The van der Waals surface area contributed by atoms with E-state index in [-0.39, 0.29) is 11.6 Å². The van der Waals surface area contributed by atoms with Crippen molar-refractivity contribution in [2.75, 3.05) is 13.1 Å². The molecule has 1 spiro atoms. The predicted octanol–water partition coefficient (Wildman–Crippen LogP) is 2.35. The SMILES string of the molecule is Cc1cc(CN2CCCC23CCCN(C(C)C)C3=O)on1. The summed E-state index contributed by atoms with van der Waals surface area (Å²) >= 11 is 0. The standard InChI is InChI=1S/C16H25N3O2/c1-12(2)19-9-5-7-16(15(19)20)6-4-8-18(16)11-14-10-13(3)17-21-14/h10,12H,4-9,11H2,1-3H3. The van der Waals surface area contributed by atoms with Crippen LogP contribution in [-0.4, -0.2) is 45.5 Å². The summed E-state index contributed by atoms with van der Waals surface area (Å²) in [4.78, 5) is 17.4. The fourth-order valence-corrected chi connectivity index (χ4v) is 3.88. The minimum Gasteiger partial charge on any atom is -0.360 e. The first kappa shape index (κ1) is 14.6. The van der Waals surface area contributed by atoms with E-state index >= 15 is 0 Å². The third kappa shape index (κ3) is 2.48. The molecular weight excluding hydrogens is 266 g/mol. The zero-order chi connectivity index (χ0) is 15.0. The first-order valence-corrected chi connectivity index (χ1v) is 8.01. The van der Waals surface area contributed by atoms with Gasteiger partial charge in [0.25, 0.3) is 0 Å². The van der Waals surface area contributed by atoms with Gasteiger partial charge in [0, 0.05) is 18.7 Å². The first-order chi connectivity index (χ1) is 10.0. The molecule has 2 aliphatic rings. The van der Waals surface area contributed by atoms with Crippen molar-refractivity contribution in [1.29, 1.82) is 0 Å². The highest BCUT2D eigenvalue weighted by Crippen LogP contribution is 2.39. The lowest BCUT2D eigenvalue weighted by atomic mass is 9.84. The zero-order valence-electron chi connectivity index (χ0n) is 13.3. The van der Waals surface area contributed by atoms with Crippen LogP contribution in [0.25, 0.3) is 0 Å². The Morgan fingerprint density at radius 2 is 2.05 bits per heavy atom. The lowest BCUT2D eigenvalue weighted by molar-refractivity contribution is -0.150. The molecule has 0 saturated carbocycles. The Balaban J connectivity index is 1.82. The van der Waals surface area contributed by atoms with Crippen molar-refractivity contribution in [1.82, 2.24) is 15.0 Å². The molecule has 1 aromatic heterocycles. The zero-order valence-corrected chi connectivity index (χ0v) is 13.3. The maximum absolute atomic E-state index is 13.0. The van der Waals surface area contributed by atoms with Gasteiger partial charge >= 0.3 is 0 Å². The molecule has 116 valence electrons. The number of likely N-dealkylation sites (tertiary alicyclic amines) is 2. The molecule has 1 aromatic rings. The van der Waals surface area contributed by atoms with Gasteiger partial charge in [-0.15, -0.1) is 0 Å². The van der Waals surface area contributed by atoms with Crippen LogP contribution in [-0.2, 0) is 11.3 Å². The molecule has 0 aromatic carbocycles. The van der Waals surface area contributed by atoms with E-state index in [1.54, 1.807) is 0 Å². The van der Waals surface area contributed by atoms with Crippen LogP contribution >= 0.6 is 0 Å². The van der Waals surface area contributed by atoms with Gasteiger partial charge in [0.05, 0.1) is 12.2 Å². The monoisotopic (exact) mass is 291 g/mol. The molecule has 0 aliphatic carbocycles. The van der Waals surface area contributed by atoms with Gasteiger partial charge in [-0.05, 0) is 53.0 Å². The topological polar surface area (TPSA) is 49.6 Å². The van der Waals surface area contributed by atoms with E-state index in [0.717, 1.165) is 50.2 Å². The fraction of sp³-hybridized carbons (Fsp3) is 0.750. The number of hydrogen-bond acceptors (Lipinski definition) is 4. The second-order valence-electron chi connectivity index (χ2n) is 6.69. The minimum absolute atomic E-state index is 0.282. The lowest BCUT2D eigenvalue weighted by Crippen LogP contribution is -2.61. The van der Waals surface area contributed by atoms with Gasteiger partial charge in [-0.2, -0.15) is 0 Å². The quantitative estimate of drug-likeness (QED) is 0.858. The van der Waals surface area contributed by atoms with Crippen LogP contribution in [0.1, 0.15) is 51.0 Å². The van der Waals surface area contributed by atoms with Crippen molar-refractivity contribution in [2.24, 2.45) is 0 Å². The van der Waals surface area contributed by atoms with Crippen LogP contribution in [0.3, 0.4) is 0 Å². The molecule has 1 atom stereocenters. The van der Waals surface area contributed by atoms with Gasteiger partial charge in [-0.1, -0.05) is 5.16 Å². The summed E-state index contributed by atoms with van der Waals surface area (Å²) in [5, 5.41) is 3.96. The molecule has 1 amide bonds. The molecule has 5 nitrogen and oxygen atoms in total. The van der Waals surface area contributed by atoms with E-state index in [4.69, 9.17) is 4.52 Å². The summed E-state index contributed by atoms with van der Waals surface area (Å²) in [6, 6.07) is 2.25. The van der Waals surface area contributed by atoms with Gasteiger partial charge in [0.2, 0.25) is 5.91 Å². The van der Waals surface area contributed by atoms with Crippen molar-refractivity contribution in [2.45, 2.75) is 64.6 Å². The smallest absolute Gasteiger partial charge is 0.243 e. The van der Waals surface area contributed by atoms with E-state index in [9.17, 15) is 4.79 Å². The Morgan fingerprint density at radius 1 is 1.33 bits per heavy atom. The Hall–Kier alpha value is -1.36. The predicted molar refractivity (Wildman–Crippen MR) is 79.7 cm³/mol. The number of hydrogen-bond donors (Lipinski definition) is 0. The molecule has 21 heavy (non-hydrogen) atoms. The van der Waals surface area contributed by atoms with Crippen molar-refractivity contribution in [3.05, 3.63) is 17.5 Å². The van der Waals surface area contributed by atoms with Crippen molar-refractivity contribution < 1.29 is 9.32 Å². The van der Waals surface area contributed by atoms with E-state index < -0.39 is 0 Å². The lowest BCUT2D eigenvalue weighted by Gasteiger charge is -2.45. The van der Waals surface area contributed by atoms with E-state index in [2.05, 4.69) is 23.9 Å². The largest absolute Gasteiger partial charge is 0.360 e. The number of aromatic nitrogens is 1. The second kappa shape index (κ2) is 5.44. The minimum atomic E-state index is -0.302. The Bertz CT molecular complexity index is 525. The van der Waals surface area contributed by atoms with Crippen LogP contribution < -0.4 is 0 Å². The Morgan fingerprint density at radius 3 is 2.67 bits per heavy atom. The number of carbonyl (C=O) groups excluding carboxylic acids is 1. The first-order valence-electron chi connectivity index (χ1n) is 8.01. The highest BCUT2D eigenvalue weighted by Gasteiger charge is 2.51. The fourth-order valence-electron chi connectivity index (χ4n) is 3.88. The van der Waals surface area contributed by atoms with Gasteiger partial charge in [-0.3, -0.25) is 9.69 Å². The molecule has 2 aliphatic heterocycles. The van der Waals surface area contributed by atoms with Crippen LogP contribution in [0.5, 0.6) is 0 Å². The third-order valence-electron chi connectivity index (χ3n) is 4.92. The van der Waals surface area contributed by atoms with Gasteiger partial charge in [0.15, 0.2) is 5.76 Å². The van der Waals surface area contributed by atoms with Crippen LogP contribution in [0, 0.1) is 6.92 Å². The molecule has 5 heteroatoms. The number of carbonyl (C=O) groups is 1. The van der Waals surface area contributed by atoms with Crippen molar-refractivity contribution >= 4 is 5.91 Å². The molecule has 0 radical (unpaired) electrons. The van der Waals surface area contributed by atoms with E-state index in [1.165, 1.54) is 0 Å². The number of rotatable bonds is 3. The highest BCUT2D eigenvalue weighted by atomic mass is 16.5. The average molecular weight is 291 g/mol. The summed E-state index contributed by atoms with van der Waals surface area (Å²) in [6.45, 7) is 8.70. The Kier molecular flexibility index (Phi) is 3.78. The van der Waals surface area contributed by atoms with E-state index in [0.29, 0.717) is 12.5 Å². The second-order valence-corrected chi connectivity index (χ2v) is 6.69. The summed E-state index contributed by atoms with van der Waals surface area (Å²) < 4.78 is 5.35. The number of nitrogens with zero attached hydrogens (tertiary/aromatic N) is 3. The molecule has 1 unspecified atom stereocenters. The van der Waals surface area contributed by atoms with Crippen molar-refractivity contribution in [3.8, 4) is 0 Å². The maximum atomic E-state index is 13.0. The molecule has 3 heterocycles. The summed E-state index contributed by atoms with van der Waals surface area (Å²) in [5.74, 6) is 1.18. The van der Waals surface area contributed by atoms with Gasteiger partial charge < -0.3 is 9.42 Å². The molecule has 3 rings (SSSR count). The summed E-state index contributed by atoms with van der Waals surface area (Å²) in [7, 11) is 0. The normalized spacial score (nSPS) is 27.2. The summed E-state index contributed by atoms with van der Waals surface area (Å²) in [6.07, 6.45) is 4.13. The molecular formula is C16H25N3O2. The molecule has 2 saturated heterocycles. The average Bonchev–Trinajstić information content (AvgIpc) is 3.01. The third-order valence-corrected chi connectivity index (χ3v) is 4.92. The van der Waals surface area contributed by atoms with Crippen LogP contribution in [0.4, 0.5) is 0 Å². The highest BCUT2D eigenvalue weighted by molar-refractivity contribution is 5.87. The number of amides is 1. The van der Waals surface area contributed by atoms with E-state index in [1.807, 2.05) is 17.9 Å². The maximum Gasteiger partial charge on any atom is 0.243 e. The van der Waals surface area contributed by atoms with Crippen LogP contribution in [0.2, 0.25) is 0 Å². The molecule has 0 N–H and O–H groups in total. The van der Waals surface area contributed by atoms with Crippen LogP contribution in [0.15, 0.2) is 10.6 Å². The van der Waals surface area contributed by atoms with Gasteiger partial charge in [-0.25, -0.2) is 0 Å². The number of aryl methyl sites for hydroxylation is 1. The Labute approximate surface area is 126 Å². The van der Waals surface area contributed by atoms with Gasteiger partial charge in [0.1, 0.15) is 5.54 Å². The van der Waals surface area contributed by atoms with Crippen molar-refractivity contribution in [3.63, 3.8) is 0 Å². The molecule has 0 bridgehead atoms.